The van der Waals surface area contributed by atoms with Gasteiger partial charge in [0.25, 0.3) is 0 Å². The molecule has 0 aromatic rings. The van der Waals surface area contributed by atoms with Gasteiger partial charge in [0.05, 0.1) is 11.5 Å². The Labute approximate surface area is 86.1 Å². The third-order valence-corrected chi connectivity index (χ3v) is 3.73. The summed E-state index contributed by atoms with van der Waals surface area (Å²) in [5.41, 5.74) is -0.257. The van der Waals surface area contributed by atoms with Gasteiger partial charge >= 0.3 is 0 Å². The van der Waals surface area contributed by atoms with Crippen molar-refractivity contribution in [3.8, 4) is 6.07 Å². The molecule has 0 aliphatic heterocycles. The molecule has 3 unspecified atom stereocenters. The Hall–Kier alpha value is -0.220. The number of hydrogen-bond donors (Lipinski definition) is 0. The minimum absolute atomic E-state index is 0.193. The van der Waals surface area contributed by atoms with Gasteiger partial charge in [-0.05, 0) is 38.5 Å². The average molecular weight is 200 g/mol. The molecule has 0 heterocycles. The minimum atomic E-state index is -0.257. The van der Waals surface area contributed by atoms with Gasteiger partial charge in [-0.15, -0.1) is 11.6 Å². The Balaban J connectivity index is 2.67. The molecule has 1 nitrogen and oxygen atoms in total. The Morgan fingerprint density at radius 3 is 2.46 bits per heavy atom. The van der Waals surface area contributed by atoms with Gasteiger partial charge in [-0.25, -0.2) is 0 Å². The van der Waals surface area contributed by atoms with Gasteiger partial charge in [-0.2, -0.15) is 5.26 Å². The Bertz CT molecular complexity index is 217. The molecule has 0 spiro atoms. The lowest BCUT2D eigenvalue weighted by Crippen LogP contribution is -2.34. The quantitative estimate of drug-likeness (QED) is 0.593. The van der Waals surface area contributed by atoms with Crippen LogP contribution in [0.1, 0.15) is 40.0 Å². The van der Waals surface area contributed by atoms with Crippen LogP contribution in [0.5, 0.6) is 0 Å². The molecular formula is C11H18ClN. The summed E-state index contributed by atoms with van der Waals surface area (Å²) >= 11 is 6.29. The average Bonchev–Trinajstić information content (AvgIpc) is 2.03. The Morgan fingerprint density at radius 1 is 1.38 bits per heavy atom. The molecule has 13 heavy (non-hydrogen) atoms. The van der Waals surface area contributed by atoms with E-state index in [9.17, 15) is 0 Å². The molecule has 1 aliphatic rings. The lowest BCUT2D eigenvalue weighted by molar-refractivity contribution is 0.192. The number of rotatable bonds is 1. The Morgan fingerprint density at radius 2 is 2.00 bits per heavy atom. The van der Waals surface area contributed by atoms with Crippen molar-refractivity contribution < 1.29 is 0 Å². The highest BCUT2D eigenvalue weighted by molar-refractivity contribution is 6.20. The van der Waals surface area contributed by atoms with Crippen LogP contribution in [0.3, 0.4) is 0 Å². The van der Waals surface area contributed by atoms with Crippen molar-refractivity contribution in [2.24, 2.45) is 17.3 Å². The van der Waals surface area contributed by atoms with E-state index in [-0.39, 0.29) is 10.8 Å². The highest BCUT2D eigenvalue weighted by Gasteiger charge is 2.38. The first-order valence-corrected chi connectivity index (χ1v) is 5.46. The first kappa shape index (κ1) is 10.9. The zero-order chi connectivity index (χ0) is 10.1. The molecule has 0 radical (unpaired) electrons. The van der Waals surface area contributed by atoms with E-state index in [1.165, 1.54) is 6.42 Å². The summed E-state index contributed by atoms with van der Waals surface area (Å²) in [6.07, 6.45) is 3.40. The fourth-order valence-corrected chi connectivity index (χ4v) is 2.95. The van der Waals surface area contributed by atoms with Gasteiger partial charge in [0.1, 0.15) is 0 Å². The first-order chi connectivity index (χ1) is 5.97. The maximum absolute atomic E-state index is 9.02. The van der Waals surface area contributed by atoms with Crippen molar-refractivity contribution in [2.75, 3.05) is 0 Å². The van der Waals surface area contributed by atoms with E-state index in [2.05, 4.69) is 13.0 Å². The predicted octanol–water partition coefficient (Wildman–Crippen LogP) is 3.58. The second-order valence-electron chi connectivity index (χ2n) is 4.87. The summed E-state index contributed by atoms with van der Waals surface area (Å²) in [5, 5.41) is 9.21. The predicted molar refractivity (Wildman–Crippen MR) is 55.5 cm³/mol. The second-order valence-corrected chi connectivity index (χ2v) is 5.43. The van der Waals surface area contributed by atoms with Gasteiger partial charge in [0.2, 0.25) is 0 Å². The molecule has 3 atom stereocenters. The molecule has 1 saturated carbocycles. The molecule has 0 aromatic heterocycles. The zero-order valence-corrected chi connectivity index (χ0v) is 9.43. The monoisotopic (exact) mass is 199 g/mol. The highest BCUT2D eigenvalue weighted by Crippen LogP contribution is 2.42. The van der Waals surface area contributed by atoms with Crippen molar-refractivity contribution in [3.05, 3.63) is 0 Å². The van der Waals surface area contributed by atoms with E-state index >= 15 is 0 Å². The molecular weight excluding hydrogens is 182 g/mol. The van der Waals surface area contributed by atoms with Crippen LogP contribution in [-0.2, 0) is 0 Å². The van der Waals surface area contributed by atoms with E-state index in [0.29, 0.717) is 5.92 Å². The number of halogens is 1. The topological polar surface area (TPSA) is 23.8 Å². The van der Waals surface area contributed by atoms with E-state index in [0.717, 1.165) is 18.8 Å². The zero-order valence-electron chi connectivity index (χ0n) is 8.68. The van der Waals surface area contributed by atoms with Gasteiger partial charge in [0, 0.05) is 5.38 Å². The third kappa shape index (κ3) is 2.38. The second kappa shape index (κ2) is 3.88. The third-order valence-electron chi connectivity index (χ3n) is 3.25. The van der Waals surface area contributed by atoms with Crippen LogP contribution >= 0.6 is 11.6 Å². The van der Waals surface area contributed by atoms with E-state index in [4.69, 9.17) is 16.9 Å². The first-order valence-electron chi connectivity index (χ1n) is 5.02. The largest absolute Gasteiger partial charge is 0.198 e. The summed E-state index contributed by atoms with van der Waals surface area (Å²) in [6, 6.07) is 2.37. The number of alkyl halides is 1. The summed E-state index contributed by atoms with van der Waals surface area (Å²) in [6.45, 7) is 6.25. The van der Waals surface area contributed by atoms with Crippen LogP contribution in [0, 0.1) is 28.6 Å². The van der Waals surface area contributed by atoms with Crippen LogP contribution < -0.4 is 0 Å². The SMILES string of the molecule is CC1CCC(C(C)(C)C#N)C(Cl)C1. The van der Waals surface area contributed by atoms with Crippen molar-refractivity contribution in [1.82, 2.24) is 0 Å². The lowest BCUT2D eigenvalue weighted by atomic mass is 9.69. The summed E-state index contributed by atoms with van der Waals surface area (Å²) in [7, 11) is 0. The summed E-state index contributed by atoms with van der Waals surface area (Å²) in [4.78, 5) is 0. The van der Waals surface area contributed by atoms with Crippen molar-refractivity contribution >= 4 is 11.6 Å². The molecule has 1 aliphatic carbocycles. The normalized spacial score (nSPS) is 35.5. The van der Waals surface area contributed by atoms with Crippen molar-refractivity contribution in [3.63, 3.8) is 0 Å². The van der Waals surface area contributed by atoms with Crippen LogP contribution in [-0.4, -0.2) is 5.38 Å². The molecule has 0 saturated heterocycles. The van der Waals surface area contributed by atoms with Crippen molar-refractivity contribution in [2.45, 2.75) is 45.4 Å². The van der Waals surface area contributed by atoms with Gasteiger partial charge in [-0.3, -0.25) is 0 Å². The minimum Gasteiger partial charge on any atom is -0.198 e. The molecule has 2 heteroatoms. The molecule has 1 rings (SSSR count). The fraction of sp³-hybridized carbons (Fsp3) is 0.909. The van der Waals surface area contributed by atoms with Gasteiger partial charge < -0.3 is 0 Å². The fourth-order valence-electron chi connectivity index (χ4n) is 2.21. The molecule has 0 amide bonds. The number of nitriles is 1. The maximum Gasteiger partial charge on any atom is 0.0687 e. The van der Waals surface area contributed by atoms with Gasteiger partial charge in [0.15, 0.2) is 0 Å². The summed E-state index contributed by atoms with van der Waals surface area (Å²) < 4.78 is 0. The van der Waals surface area contributed by atoms with E-state index in [1.807, 2.05) is 13.8 Å². The standard InChI is InChI=1S/C11H18ClN/c1-8-4-5-9(10(12)6-8)11(2,3)7-13/h8-10H,4-6H2,1-3H3. The number of nitrogens with zero attached hydrogens (tertiary/aromatic N) is 1. The highest BCUT2D eigenvalue weighted by atomic mass is 35.5. The molecule has 0 N–H and O–H groups in total. The molecule has 0 bridgehead atoms. The van der Waals surface area contributed by atoms with Gasteiger partial charge in [-0.1, -0.05) is 13.3 Å². The van der Waals surface area contributed by atoms with E-state index < -0.39 is 0 Å². The molecule has 74 valence electrons. The van der Waals surface area contributed by atoms with Crippen LogP contribution in [0.4, 0.5) is 0 Å². The molecule has 0 aromatic carbocycles. The molecule has 1 fully saturated rings. The number of hydrogen-bond acceptors (Lipinski definition) is 1. The van der Waals surface area contributed by atoms with Crippen LogP contribution in [0.25, 0.3) is 0 Å². The van der Waals surface area contributed by atoms with Crippen LogP contribution in [0.15, 0.2) is 0 Å². The smallest absolute Gasteiger partial charge is 0.0687 e. The van der Waals surface area contributed by atoms with E-state index in [1.54, 1.807) is 0 Å². The Kier molecular flexibility index (Phi) is 3.24. The maximum atomic E-state index is 9.02. The van der Waals surface area contributed by atoms with Crippen molar-refractivity contribution in [1.29, 1.82) is 5.26 Å². The summed E-state index contributed by atoms with van der Waals surface area (Å²) in [5.74, 6) is 1.10. The van der Waals surface area contributed by atoms with Crippen LogP contribution in [0.2, 0.25) is 0 Å². The lowest BCUT2D eigenvalue weighted by Gasteiger charge is -2.37.